The number of pyridine rings is 1. The van der Waals surface area contributed by atoms with E-state index in [0.717, 1.165) is 30.5 Å². The lowest BCUT2D eigenvalue weighted by molar-refractivity contribution is -0.140. The third-order valence-electron chi connectivity index (χ3n) is 3.17. The number of carbonyl (C=O) groups excluding carboxylic acids is 2. The van der Waals surface area contributed by atoms with Crippen molar-refractivity contribution in [3.63, 3.8) is 0 Å². The fourth-order valence-corrected chi connectivity index (χ4v) is 2.16. The van der Waals surface area contributed by atoms with Crippen LogP contribution in [0.2, 0.25) is 0 Å². The van der Waals surface area contributed by atoms with Crippen LogP contribution in [0.15, 0.2) is 6.07 Å². The van der Waals surface area contributed by atoms with Crippen LogP contribution < -0.4 is 11.1 Å². The first kappa shape index (κ1) is 16.9. The molecule has 0 saturated carbocycles. The number of hydrogen-bond acceptors (Lipinski definition) is 5. The molecule has 1 amide bonds. The smallest absolute Gasteiger partial charge is 0.305 e. The monoisotopic (exact) mass is 293 g/mol. The second-order valence-electron chi connectivity index (χ2n) is 4.98. The van der Waals surface area contributed by atoms with E-state index in [0.29, 0.717) is 24.3 Å². The van der Waals surface area contributed by atoms with Crippen molar-refractivity contribution in [2.75, 3.05) is 19.0 Å². The first-order valence-corrected chi connectivity index (χ1v) is 7.04. The lowest BCUT2D eigenvalue weighted by Crippen LogP contribution is -2.18. The molecule has 0 fully saturated rings. The summed E-state index contributed by atoms with van der Waals surface area (Å²) in [4.78, 5) is 26.8. The molecule has 0 atom stereocenters. The minimum Gasteiger partial charge on any atom is -0.469 e. The Bertz CT molecular complexity index is 515. The lowest BCUT2D eigenvalue weighted by atomic mass is 10.1. The second-order valence-corrected chi connectivity index (χ2v) is 4.98. The summed E-state index contributed by atoms with van der Waals surface area (Å²) in [7, 11) is 1.39. The van der Waals surface area contributed by atoms with Gasteiger partial charge in [-0.15, -0.1) is 0 Å². The Labute approximate surface area is 125 Å². The largest absolute Gasteiger partial charge is 0.469 e. The maximum Gasteiger partial charge on any atom is 0.305 e. The normalized spacial score (nSPS) is 10.2. The minimum absolute atomic E-state index is 0.185. The van der Waals surface area contributed by atoms with Crippen LogP contribution >= 0.6 is 0 Å². The summed E-state index contributed by atoms with van der Waals surface area (Å²) in [6.07, 6.45) is 3.00. The van der Waals surface area contributed by atoms with Crippen LogP contribution in [-0.4, -0.2) is 30.5 Å². The number of nitrogens with zero attached hydrogens (tertiary/aromatic N) is 1. The van der Waals surface area contributed by atoms with E-state index in [2.05, 4.69) is 15.0 Å². The molecule has 0 aromatic carbocycles. The molecule has 0 aliphatic carbocycles. The lowest BCUT2D eigenvalue weighted by Gasteiger charge is -2.12. The fourth-order valence-electron chi connectivity index (χ4n) is 2.16. The number of esters is 1. The SMILES string of the molecule is COC(=O)CCCCCNc1nc(C)cc(C)c1C(N)=O. The molecule has 0 aliphatic rings. The van der Waals surface area contributed by atoms with Crippen LogP contribution in [0.1, 0.15) is 47.3 Å². The molecule has 1 aromatic rings. The molecule has 0 bridgehead atoms. The average molecular weight is 293 g/mol. The van der Waals surface area contributed by atoms with E-state index in [4.69, 9.17) is 5.73 Å². The van der Waals surface area contributed by atoms with Gasteiger partial charge in [0.1, 0.15) is 5.82 Å². The van der Waals surface area contributed by atoms with Crippen LogP contribution in [0.4, 0.5) is 5.82 Å². The molecule has 3 N–H and O–H groups in total. The highest BCUT2D eigenvalue weighted by molar-refractivity contribution is 5.99. The number of unbranched alkanes of at least 4 members (excludes halogenated alkanes) is 2. The summed E-state index contributed by atoms with van der Waals surface area (Å²) in [6.45, 7) is 4.40. The van der Waals surface area contributed by atoms with Gasteiger partial charge in [0.25, 0.3) is 5.91 Å². The van der Waals surface area contributed by atoms with Crippen molar-refractivity contribution in [1.82, 2.24) is 4.98 Å². The number of carbonyl (C=O) groups is 2. The van der Waals surface area contributed by atoms with Crippen molar-refractivity contribution in [3.8, 4) is 0 Å². The second kappa shape index (κ2) is 8.24. The summed E-state index contributed by atoms with van der Waals surface area (Å²) in [5, 5.41) is 3.15. The molecule has 6 nitrogen and oxygen atoms in total. The van der Waals surface area contributed by atoms with Gasteiger partial charge in [-0.25, -0.2) is 4.98 Å². The summed E-state index contributed by atoms with van der Waals surface area (Å²) in [5.41, 5.74) is 7.50. The van der Waals surface area contributed by atoms with E-state index >= 15 is 0 Å². The zero-order valence-electron chi connectivity index (χ0n) is 12.9. The Morgan fingerprint density at radius 3 is 2.62 bits per heavy atom. The van der Waals surface area contributed by atoms with Gasteiger partial charge in [0.15, 0.2) is 0 Å². The number of primary amides is 1. The van der Waals surface area contributed by atoms with Gasteiger partial charge in [-0.2, -0.15) is 0 Å². The molecular formula is C15H23N3O3. The van der Waals surface area contributed by atoms with E-state index < -0.39 is 5.91 Å². The van der Waals surface area contributed by atoms with Gasteiger partial charge in [-0.1, -0.05) is 6.42 Å². The Morgan fingerprint density at radius 1 is 1.29 bits per heavy atom. The molecule has 0 unspecified atom stereocenters. The van der Waals surface area contributed by atoms with Crippen LogP contribution in [0.5, 0.6) is 0 Å². The number of methoxy groups -OCH3 is 1. The summed E-state index contributed by atoms with van der Waals surface area (Å²) in [6, 6.07) is 1.83. The molecule has 0 aliphatic heterocycles. The Kier molecular flexibility index (Phi) is 6.65. The number of nitrogens with two attached hydrogens (primary N) is 1. The number of hydrogen-bond donors (Lipinski definition) is 2. The first-order chi connectivity index (χ1) is 9.95. The summed E-state index contributed by atoms with van der Waals surface area (Å²) < 4.78 is 4.58. The number of aromatic nitrogens is 1. The number of anilines is 1. The van der Waals surface area contributed by atoms with Gasteiger partial charge in [0.05, 0.1) is 12.7 Å². The molecule has 0 radical (unpaired) electrons. The molecule has 1 aromatic heterocycles. The van der Waals surface area contributed by atoms with E-state index in [1.165, 1.54) is 7.11 Å². The van der Waals surface area contributed by atoms with E-state index in [-0.39, 0.29) is 5.97 Å². The summed E-state index contributed by atoms with van der Waals surface area (Å²) >= 11 is 0. The van der Waals surface area contributed by atoms with Gasteiger partial charge in [-0.05, 0) is 38.3 Å². The van der Waals surface area contributed by atoms with E-state index in [9.17, 15) is 9.59 Å². The van der Waals surface area contributed by atoms with Crippen molar-refractivity contribution in [2.24, 2.45) is 5.73 Å². The van der Waals surface area contributed by atoms with Crippen molar-refractivity contribution >= 4 is 17.7 Å². The van der Waals surface area contributed by atoms with Crippen molar-refractivity contribution in [3.05, 3.63) is 22.9 Å². The van der Waals surface area contributed by atoms with Crippen LogP contribution in [0, 0.1) is 13.8 Å². The predicted molar refractivity (Wildman–Crippen MR) is 81.2 cm³/mol. The summed E-state index contributed by atoms with van der Waals surface area (Å²) in [5.74, 6) is -0.129. The third kappa shape index (κ3) is 5.41. The molecule has 1 rings (SSSR count). The predicted octanol–water partition coefficient (Wildman–Crippen LogP) is 1.94. The van der Waals surface area contributed by atoms with Gasteiger partial charge in [-0.3, -0.25) is 9.59 Å². The minimum atomic E-state index is -0.479. The van der Waals surface area contributed by atoms with Gasteiger partial charge < -0.3 is 15.8 Å². The quantitative estimate of drug-likeness (QED) is 0.564. The number of nitrogens with one attached hydrogen (secondary N) is 1. The molecule has 6 heteroatoms. The number of aryl methyl sites for hydroxylation is 2. The standard InChI is InChI=1S/C15H23N3O3/c1-10-9-11(2)18-15(13(10)14(16)20)17-8-6-4-5-7-12(19)21-3/h9H,4-8H2,1-3H3,(H2,16,20)(H,17,18). The highest BCUT2D eigenvalue weighted by Crippen LogP contribution is 2.18. The number of amides is 1. The Hall–Kier alpha value is -2.11. The molecule has 116 valence electrons. The highest BCUT2D eigenvalue weighted by atomic mass is 16.5. The molecule has 21 heavy (non-hydrogen) atoms. The Balaban J connectivity index is 2.48. The van der Waals surface area contributed by atoms with Crippen LogP contribution in [-0.2, 0) is 9.53 Å². The van der Waals surface area contributed by atoms with Crippen molar-refractivity contribution in [1.29, 1.82) is 0 Å². The topological polar surface area (TPSA) is 94.3 Å². The maximum absolute atomic E-state index is 11.5. The van der Waals surface area contributed by atoms with Gasteiger partial charge in [0.2, 0.25) is 0 Å². The molecule has 0 saturated heterocycles. The van der Waals surface area contributed by atoms with Crippen molar-refractivity contribution < 1.29 is 14.3 Å². The van der Waals surface area contributed by atoms with Crippen LogP contribution in [0.25, 0.3) is 0 Å². The van der Waals surface area contributed by atoms with E-state index in [1.807, 2.05) is 19.9 Å². The molecular weight excluding hydrogens is 270 g/mol. The Morgan fingerprint density at radius 2 is 2.00 bits per heavy atom. The fraction of sp³-hybridized carbons (Fsp3) is 0.533. The number of rotatable bonds is 8. The first-order valence-electron chi connectivity index (χ1n) is 7.04. The maximum atomic E-state index is 11.5. The third-order valence-corrected chi connectivity index (χ3v) is 3.17. The van der Waals surface area contributed by atoms with Gasteiger partial charge in [0, 0.05) is 18.7 Å². The number of ether oxygens (including phenoxy) is 1. The molecule has 1 heterocycles. The average Bonchev–Trinajstić information content (AvgIpc) is 2.40. The highest BCUT2D eigenvalue weighted by Gasteiger charge is 2.13. The van der Waals surface area contributed by atoms with E-state index in [1.54, 1.807) is 0 Å². The molecule has 0 spiro atoms. The van der Waals surface area contributed by atoms with Crippen molar-refractivity contribution in [2.45, 2.75) is 39.5 Å². The zero-order chi connectivity index (χ0) is 15.8. The van der Waals surface area contributed by atoms with Crippen LogP contribution in [0.3, 0.4) is 0 Å². The zero-order valence-corrected chi connectivity index (χ0v) is 12.9. The van der Waals surface area contributed by atoms with Gasteiger partial charge >= 0.3 is 5.97 Å².